The molecule has 0 spiro atoms. The Bertz CT molecular complexity index is 1260. The van der Waals surface area contributed by atoms with Gasteiger partial charge in [0.15, 0.2) is 0 Å². The van der Waals surface area contributed by atoms with Crippen LogP contribution in [0.3, 0.4) is 0 Å². The molecule has 0 radical (unpaired) electrons. The molecule has 4 aromatic rings. The molecule has 2 amide bonds. The van der Waals surface area contributed by atoms with Crippen LogP contribution in [-0.2, 0) is 4.74 Å². The van der Waals surface area contributed by atoms with E-state index in [0.717, 1.165) is 5.56 Å². The van der Waals surface area contributed by atoms with Gasteiger partial charge in [0.1, 0.15) is 11.9 Å². The molecule has 160 valence electrons. The summed E-state index contributed by atoms with van der Waals surface area (Å²) in [5.41, 5.74) is 1.56. The summed E-state index contributed by atoms with van der Waals surface area (Å²) in [6.07, 6.45) is 1.72. The third-order valence-corrected chi connectivity index (χ3v) is 4.59. The number of nitrogens with zero attached hydrogens (tertiary/aromatic N) is 3. The molecule has 1 N–H and O–H groups in total. The number of hydrogen-bond acceptors (Lipinski definition) is 7. The van der Waals surface area contributed by atoms with Crippen LogP contribution in [0.25, 0.3) is 22.8 Å². The Labute approximate surface area is 182 Å². The van der Waals surface area contributed by atoms with Crippen molar-refractivity contribution in [2.45, 2.75) is 13.0 Å². The maximum atomic E-state index is 13.9. The van der Waals surface area contributed by atoms with Gasteiger partial charge in [-0.25, -0.2) is 9.18 Å². The van der Waals surface area contributed by atoms with Gasteiger partial charge in [-0.3, -0.25) is 15.1 Å². The van der Waals surface area contributed by atoms with E-state index in [1.165, 1.54) is 24.3 Å². The van der Waals surface area contributed by atoms with Crippen LogP contribution in [0.4, 0.5) is 9.18 Å². The molecule has 0 aliphatic carbocycles. The highest BCUT2D eigenvalue weighted by Gasteiger charge is 2.18. The fourth-order valence-electron chi connectivity index (χ4n) is 2.94. The number of carbonyl (C=O) groups excluding carboxylic acids is 2. The first-order valence-electron chi connectivity index (χ1n) is 9.62. The molecular formula is C23H17FN4O4. The van der Waals surface area contributed by atoms with Gasteiger partial charge in [-0.05, 0) is 48.9 Å². The summed E-state index contributed by atoms with van der Waals surface area (Å²) in [7, 11) is 0. The number of carbonyl (C=O) groups is 2. The Morgan fingerprint density at radius 2 is 1.84 bits per heavy atom. The number of benzene rings is 2. The molecule has 0 bridgehead atoms. The summed E-state index contributed by atoms with van der Waals surface area (Å²) in [4.78, 5) is 32.7. The van der Waals surface area contributed by atoms with Crippen molar-refractivity contribution in [1.82, 2.24) is 20.4 Å². The molecule has 0 saturated heterocycles. The maximum Gasteiger partial charge on any atom is 0.414 e. The van der Waals surface area contributed by atoms with E-state index < -0.39 is 23.9 Å². The van der Waals surface area contributed by atoms with Gasteiger partial charge in [0.2, 0.25) is 5.82 Å². The van der Waals surface area contributed by atoms with Crippen molar-refractivity contribution in [2.24, 2.45) is 0 Å². The minimum absolute atomic E-state index is 0.0154. The average molecular weight is 432 g/mol. The second-order valence-corrected chi connectivity index (χ2v) is 6.77. The van der Waals surface area contributed by atoms with E-state index in [1.807, 2.05) is 0 Å². The van der Waals surface area contributed by atoms with Crippen LogP contribution >= 0.6 is 0 Å². The lowest BCUT2D eigenvalue weighted by molar-refractivity contribution is 0.0852. The summed E-state index contributed by atoms with van der Waals surface area (Å²) in [6, 6.07) is 15.7. The smallest absolute Gasteiger partial charge is 0.414 e. The zero-order valence-electron chi connectivity index (χ0n) is 16.9. The minimum Gasteiger partial charge on any atom is -0.441 e. The van der Waals surface area contributed by atoms with E-state index in [4.69, 9.17) is 9.26 Å². The quantitative estimate of drug-likeness (QED) is 0.492. The number of nitrogens with one attached hydrogen (secondary N) is 1. The van der Waals surface area contributed by atoms with Gasteiger partial charge >= 0.3 is 6.09 Å². The second kappa shape index (κ2) is 9.17. The number of ether oxygens (including phenoxy) is 1. The molecule has 1 atom stereocenters. The van der Waals surface area contributed by atoms with Crippen LogP contribution in [0, 0.1) is 5.82 Å². The molecule has 32 heavy (non-hydrogen) atoms. The monoisotopic (exact) mass is 432 g/mol. The predicted molar refractivity (Wildman–Crippen MR) is 112 cm³/mol. The normalized spacial score (nSPS) is 11.6. The largest absolute Gasteiger partial charge is 0.441 e. The SMILES string of the molecule is CC(OC(=O)NC(=O)c1cccc(-c2noc(-c3ccccc3F)n2)c1)c1ccncc1. The van der Waals surface area contributed by atoms with Crippen LogP contribution in [0.15, 0.2) is 77.6 Å². The van der Waals surface area contributed by atoms with Gasteiger partial charge in [0.25, 0.3) is 11.8 Å². The van der Waals surface area contributed by atoms with Gasteiger partial charge in [-0.15, -0.1) is 0 Å². The lowest BCUT2D eigenvalue weighted by Crippen LogP contribution is -2.31. The molecule has 2 aromatic heterocycles. The van der Waals surface area contributed by atoms with Crippen LogP contribution in [0.5, 0.6) is 0 Å². The van der Waals surface area contributed by atoms with Crippen molar-refractivity contribution in [1.29, 1.82) is 0 Å². The third kappa shape index (κ3) is 4.67. The molecule has 2 aromatic carbocycles. The summed E-state index contributed by atoms with van der Waals surface area (Å²) in [5.74, 6) is -0.958. The lowest BCUT2D eigenvalue weighted by atomic mass is 10.1. The zero-order chi connectivity index (χ0) is 22.5. The van der Waals surface area contributed by atoms with E-state index in [-0.39, 0.29) is 22.8 Å². The predicted octanol–water partition coefficient (Wildman–Crippen LogP) is 4.57. The molecule has 9 heteroatoms. The topological polar surface area (TPSA) is 107 Å². The maximum absolute atomic E-state index is 13.9. The van der Waals surface area contributed by atoms with E-state index in [0.29, 0.717) is 5.56 Å². The van der Waals surface area contributed by atoms with Gasteiger partial charge in [0, 0.05) is 23.5 Å². The molecule has 0 aliphatic rings. The Morgan fingerprint density at radius 3 is 2.62 bits per heavy atom. The molecule has 8 nitrogen and oxygen atoms in total. The molecule has 0 aliphatic heterocycles. The molecule has 0 saturated carbocycles. The summed E-state index contributed by atoms with van der Waals surface area (Å²) in [6.45, 7) is 1.68. The van der Waals surface area contributed by atoms with Crippen LogP contribution in [-0.4, -0.2) is 27.1 Å². The lowest BCUT2D eigenvalue weighted by Gasteiger charge is -2.13. The summed E-state index contributed by atoms with van der Waals surface area (Å²) in [5, 5.41) is 6.04. The Kier molecular flexibility index (Phi) is 5.98. The number of hydrogen-bond donors (Lipinski definition) is 1. The molecular weight excluding hydrogens is 415 g/mol. The Morgan fingerprint density at radius 1 is 1.06 bits per heavy atom. The second-order valence-electron chi connectivity index (χ2n) is 6.77. The number of alkyl carbamates (subject to hydrolysis) is 1. The number of amides is 2. The van der Waals surface area contributed by atoms with Crippen molar-refractivity contribution in [2.75, 3.05) is 0 Å². The highest BCUT2D eigenvalue weighted by atomic mass is 19.1. The molecule has 0 fully saturated rings. The Balaban J connectivity index is 1.45. The minimum atomic E-state index is -0.883. The molecule has 1 unspecified atom stereocenters. The van der Waals surface area contributed by atoms with Gasteiger partial charge in [-0.2, -0.15) is 4.98 Å². The first-order chi connectivity index (χ1) is 15.5. The van der Waals surface area contributed by atoms with Crippen molar-refractivity contribution >= 4 is 12.0 Å². The summed E-state index contributed by atoms with van der Waals surface area (Å²) < 4.78 is 24.3. The number of halogens is 1. The fourth-order valence-corrected chi connectivity index (χ4v) is 2.94. The van der Waals surface area contributed by atoms with E-state index in [1.54, 1.807) is 55.7 Å². The van der Waals surface area contributed by atoms with E-state index in [9.17, 15) is 14.0 Å². The molecule has 4 rings (SSSR count). The van der Waals surface area contributed by atoms with Gasteiger partial charge < -0.3 is 9.26 Å². The number of rotatable bonds is 5. The highest BCUT2D eigenvalue weighted by Crippen LogP contribution is 2.24. The first-order valence-corrected chi connectivity index (χ1v) is 9.62. The molecule has 2 heterocycles. The van der Waals surface area contributed by atoms with Crippen molar-refractivity contribution in [3.8, 4) is 22.8 Å². The average Bonchev–Trinajstić information content (AvgIpc) is 3.30. The van der Waals surface area contributed by atoms with Crippen LogP contribution in [0.1, 0.15) is 28.9 Å². The van der Waals surface area contributed by atoms with Crippen molar-refractivity contribution < 1.29 is 23.2 Å². The zero-order valence-corrected chi connectivity index (χ0v) is 16.9. The highest BCUT2D eigenvalue weighted by molar-refractivity contribution is 6.03. The van der Waals surface area contributed by atoms with E-state index in [2.05, 4.69) is 20.4 Å². The van der Waals surface area contributed by atoms with Crippen molar-refractivity contribution in [3.63, 3.8) is 0 Å². The van der Waals surface area contributed by atoms with Crippen LogP contribution in [0.2, 0.25) is 0 Å². The number of aromatic nitrogens is 3. The Hall–Kier alpha value is -4.40. The third-order valence-electron chi connectivity index (χ3n) is 4.59. The standard InChI is InChI=1S/C23H17FN4O4/c1-14(15-9-11-25-12-10-15)31-23(30)27-21(29)17-6-4-5-16(13-17)20-26-22(32-28-20)18-7-2-3-8-19(18)24/h2-14H,1H3,(H,27,29,30). The number of imide groups is 1. The van der Waals surface area contributed by atoms with Crippen LogP contribution < -0.4 is 5.32 Å². The van der Waals surface area contributed by atoms with Gasteiger partial charge in [0.05, 0.1) is 5.56 Å². The van der Waals surface area contributed by atoms with E-state index >= 15 is 0 Å². The summed E-state index contributed by atoms with van der Waals surface area (Å²) >= 11 is 0. The van der Waals surface area contributed by atoms with Gasteiger partial charge in [-0.1, -0.05) is 29.4 Å². The first kappa shape index (κ1) is 20.9. The number of pyridine rings is 1. The fraction of sp³-hybridized carbons (Fsp3) is 0.0870. The van der Waals surface area contributed by atoms with Crippen molar-refractivity contribution in [3.05, 3.63) is 90.0 Å².